The molecule has 1 heterocycles. The van der Waals surface area contributed by atoms with E-state index < -0.39 is 45.6 Å². The number of hydrogen-bond acceptors (Lipinski definition) is 6. The highest BCUT2D eigenvalue weighted by molar-refractivity contribution is 7.90. The Labute approximate surface area is 282 Å². The lowest BCUT2D eigenvalue weighted by Crippen LogP contribution is -2.50. The number of aliphatic hydroxyl groups is 1. The lowest BCUT2D eigenvalue weighted by molar-refractivity contribution is 0.0755. The first-order chi connectivity index (χ1) is 22.7. The number of hydrogen-bond donors (Lipinski definition) is 3. The summed E-state index contributed by atoms with van der Waals surface area (Å²) in [5.74, 6) is -2.34. The summed E-state index contributed by atoms with van der Waals surface area (Å²) < 4.78 is 53.9. The molecule has 48 heavy (non-hydrogen) atoms. The van der Waals surface area contributed by atoms with Crippen molar-refractivity contribution in [3.05, 3.63) is 105 Å². The molecule has 0 radical (unpaired) electrons. The van der Waals surface area contributed by atoms with Gasteiger partial charge in [-0.25, -0.2) is 17.2 Å². The Morgan fingerprint density at radius 3 is 2.23 bits per heavy atom. The van der Waals surface area contributed by atoms with Crippen LogP contribution in [0.4, 0.5) is 8.78 Å². The molecule has 0 aromatic heterocycles. The maximum Gasteiger partial charge on any atom is 0.253 e. The number of rotatable bonds is 14. The molecule has 0 fully saturated rings. The number of nitrogens with one attached hydrogen (secondary N) is 2. The number of benzene rings is 3. The van der Waals surface area contributed by atoms with Crippen LogP contribution >= 0.6 is 0 Å². The van der Waals surface area contributed by atoms with Crippen molar-refractivity contribution in [1.29, 1.82) is 0 Å². The van der Waals surface area contributed by atoms with Crippen LogP contribution in [-0.2, 0) is 22.0 Å². The van der Waals surface area contributed by atoms with Crippen LogP contribution in [0.2, 0.25) is 0 Å². The zero-order valence-electron chi connectivity index (χ0n) is 28.4. The molecule has 3 aromatic rings. The number of amides is 2. The standard InChI is InChI=1S/C37H47F2N3O5S/c1-6-10-42(11-7-2)37(45)29-13-24(5)12-28(17-29)36(44)41-33(16-25-14-30(38)19-31(39)15-25)35(43)20-40-34-22-48(46,47)21-27-9-8-26(23(3)4)18-32(27)34/h8-9,12-15,17-19,23,33-35,40,43H,6-7,10-11,16,20-22H2,1-5H3,(H,41,44)/t33-,34?,35+/m1/s1. The minimum Gasteiger partial charge on any atom is -0.390 e. The molecule has 1 aliphatic rings. The van der Waals surface area contributed by atoms with Gasteiger partial charge >= 0.3 is 0 Å². The number of carbonyl (C=O) groups is 2. The van der Waals surface area contributed by atoms with E-state index in [1.165, 1.54) is 6.07 Å². The smallest absolute Gasteiger partial charge is 0.253 e. The van der Waals surface area contributed by atoms with E-state index in [-0.39, 0.29) is 47.4 Å². The molecular weight excluding hydrogens is 636 g/mol. The minimum absolute atomic E-state index is 0.0686. The second-order valence-corrected chi connectivity index (χ2v) is 15.2. The number of halogens is 2. The van der Waals surface area contributed by atoms with Gasteiger partial charge in [0.1, 0.15) is 11.6 Å². The van der Waals surface area contributed by atoms with Crippen molar-refractivity contribution in [1.82, 2.24) is 15.5 Å². The summed E-state index contributed by atoms with van der Waals surface area (Å²) >= 11 is 0. The fraction of sp³-hybridized carbons (Fsp3) is 0.459. The fourth-order valence-corrected chi connectivity index (χ4v) is 7.89. The molecular formula is C37H47F2N3O5S. The van der Waals surface area contributed by atoms with Crippen molar-refractivity contribution in [3.8, 4) is 0 Å². The molecule has 11 heteroatoms. The number of aryl methyl sites for hydroxylation is 1. The molecule has 0 spiro atoms. The van der Waals surface area contributed by atoms with Crippen LogP contribution in [0.5, 0.6) is 0 Å². The monoisotopic (exact) mass is 683 g/mol. The molecule has 3 N–H and O–H groups in total. The number of nitrogens with zero attached hydrogens (tertiary/aromatic N) is 1. The second kappa shape index (κ2) is 16.2. The van der Waals surface area contributed by atoms with Crippen molar-refractivity contribution in [2.45, 2.75) is 83.7 Å². The first kappa shape index (κ1) is 37.2. The van der Waals surface area contributed by atoms with Crippen molar-refractivity contribution < 1.29 is 31.9 Å². The van der Waals surface area contributed by atoms with Crippen molar-refractivity contribution >= 4 is 21.7 Å². The van der Waals surface area contributed by atoms with E-state index >= 15 is 0 Å². The van der Waals surface area contributed by atoms with Gasteiger partial charge in [0.25, 0.3) is 11.8 Å². The molecule has 4 rings (SSSR count). The third-order valence-corrected chi connectivity index (χ3v) is 10.2. The molecule has 1 unspecified atom stereocenters. The predicted molar refractivity (Wildman–Crippen MR) is 184 cm³/mol. The van der Waals surface area contributed by atoms with E-state index in [4.69, 9.17) is 0 Å². The highest BCUT2D eigenvalue weighted by atomic mass is 32.2. The van der Waals surface area contributed by atoms with Crippen LogP contribution in [0.1, 0.15) is 101 Å². The summed E-state index contributed by atoms with van der Waals surface area (Å²) in [7, 11) is -3.42. The average molecular weight is 684 g/mol. The molecule has 3 aromatic carbocycles. The quantitative estimate of drug-likeness (QED) is 0.203. The highest BCUT2D eigenvalue weighted by Gasteiger charge is 2.32. The Balaban J connectivity index is 1.60. The predicted octanol–water partition coefficient (Wildman–Crippen LogP) is 5.62. The van der Waals surface area contributed by atoms with Crippen molar-refractivity contribution in [3.63, 3.8) is 0 Å². The van der Waals surface area contributed by atoms with Gasteiger partial charge in [0.2, 0.25) is 0 Å². The number of aliphatic hydroxyl groups excluding tert-OH is 1. The van der Waals surface area contributed by atoms with Crippen LogP contribution in [-0.4, -0.2) is 67.8 Å². The number of fused-ring (bicyclic) bond motifs is 1. The van der Waals surface area contributed by atoms with Gasteiger partial charge in [-0.3, -0.25) is 9.59 Å². The first-order valence-electron chi connectivity index (χ1n) is 16.6. The van der Waals surface area contributed by atoms with Gasteiger partial charge < -0.3 is 20.6 Å². The van der Waals surface area contributed by atoms with E-state index in [0.717, 1.165) is 42.2 Å². The van der Waals surface area contributed by atoms with Crippen LogP contribution in [0.15, 0.2) is 54.6 Å². The van der Waals surface area contributed by atoms with E-state index in [9.17, 15) is 31.9 Å². The molecule has 0 bridgehead atoms. The normalized spacial score (nSPS) is 16.6. The van der Waals surface area contributed by atoms with Crippen molar-refractivity contribution in [2.75, 3.05) is 25.4 Å². The minimum atomic E-state index is -3.42. The Morgan fingerprint density at radius 2 is 1.60 bits per heavy atom. The summed E-state index contributed by atoms with van der Waals surface area (Å²) in [6.07, 6.45) is 0.183. The van der Waals surface area contributed by atoms with Gasteiger partial charge in [0, 0.05) is 42.9 Å². The number of sulfone groups is 1. The summed E-state index contributed by atoms with van der Waals surface area (Å²) in [4.78, 5) is 28.8. The van der Waals surface area contributed by atoms with Crippen LogP contribution in [0.25, 0.3) is 0 Å². The van der Waals surface area contributed by atoms with E-state index in [1.54, 1.807) is 24.0 Å². The summed E-state index contributed by atoms with van der Waals surface area (Å²) in [6.45, 7) is 10.9. The van der Waals surface area contributed by atoms with E-state index in [1.807, 2.05) is 32.0 Å². The average Bonchev–Trinajstić information content (AvgIpc) is 3.01. The lowest BCUT2D eigenvalue weighted by atomic mass is 9.94. The molecule has 1 aliphatic heterocycles. The Kier molecular flexibility index (Phi) is 12.5. The number of carbonyl (C=O) groups excluding carboxylic acids is 2. The summed E-state index contributed by atoms with van der Waals surface area (Å²) in [5, 5.41) is 17.5. The highest BCUT2D eigenvalue weighted by Crippen LogP contribution is 2.31. The molecule has 3 atom stereocenters. The SMILES string of the molecule is CCCN(CCC)C(=O)c1cc(C)cc(C(=O)N[C@H](Cc2cc(F)cc(F)c2)[C@@H](O)CNC2CS(=O)(=O)Cc3ccc(C(C)C)cc32)c1. The van der Waals surface area contributed by atoms with E-state index in [0.29, 0.717) is 29.8 Å². The fourth-order valence-electron chi connectivity index (χ4n) is 6.23. The van der Waals surface area contributed by atoms with Crippen LogP contribution in [0, 0.1) is 18.6 Å². The van der Waals surface area contributed by atoms with Gasteiger partial charge in [0.05, 0.1) is 23.7 Å². The van der Waals surface area contributed by atoms with E-state index in [2.05, 4.69) is 24.5 Å². The van der Waals surface area contributed by atoms with Crippen LogP contribution in [0.3, 0.4) is 0 Å². The lowest BCUT2D eigenvalue weighted by Gasteiger charge is -2.30. The zero-order valence-corrected chi connectivity index (χ0v) is 29.2. The van der Waals surface area contributed by atoms with Gasteiger partial charge in [-0.05, 0) is 90.3 Å². The maximum absolute atomic E-state index is 14.1. The maximum atomic E-state index is 14.1. The van der Waals surface area contributed by atoms with Crippen molar-refractivity contribution in [2.24, 2.45) is 0 Å². The van der Waals surface area contributed by atoms with Gasteiger partial charge in [0.15, 0.2) is 9.84 Å². The second-order valence-electron chi connectivity index (χ2n) is 13.1. The molecule has 0 saturated heterocycles. The van der Waals surface area contributed by atoms with Gasteiger partial charge in [-0.1, -0.05) is 45.9 Å². The topological polar surface area (TPSA) is 116 Å². The summed E-state index contributed by atoms with van der Waals surface area (Å²) in [6, 6.07) is 12.0. The summed E-state index contributed by atoms with van der Waals surface area (Å²) in [5.41, 5.74) is 4.08. The first-order valence-corrected chi connectivity index (χ1v) is 18.4. The Hall–Kier alpha value is -3.67. The largest absolute Gasteiger partial charge is 0.390 e. The zero-order chi connectivity index (χ0) is 35.2. The third kappa shape index (κ3) is 9.70. The molecule has 8 nitrogen and oxygen atoms in total. The Morgan fingerprint density at radius 1 is 0.958 bits per heavy atom. The molecule has 260 valence electrons. The molecule has 0 saturated carbocycles. The molecule has 2 amide bonds. The third-order valence-electron chi connectivity index (χ3n) is 8.60. The Bertz CT molecular complexity index is 1700. The van der Waals surface area contributed by atoms with Gasteiger partial charge in [-0.2, -0.15) is 0 Å². The van der Waals surface area contributed by atoms with Gasteiger partial charge in [-0.15, -0.1) is 0 Å². The molecule has 0 aliphatic carbocycles. The van der Waals surface area contributed by atoms with Crippen LogP contribution < -0.4 is 10.6 Å².